The lowest BCUT2D eigenvalue weighted by molar-refractivity contribution is -0.115. The van der Waals surface area contributed by atoms with Crippen molar-refractivity contribution in [3.8, 4) is 11.5 Å². The highest BCUT2D eigenvalue weighted by Gasteiger charge is 2.21. The summed E-state index contributed by atoms with van der Waals surface area (Å²) in [4.78, 5) is 12.1. The van der Waals surface area contributed by atoms with Crippen LogP contribution in [0.4, 0.5) is 5.69 Å². The molecule has 0 saturated carbocycles. The maximum absolute atomic E-state index is 12.5. The van der Waals surface area contributed by atoms with Gasteiger partial charge in [-0.25, -0.2) is 13.1 Å². The van der Waals surface area contributed by atoms with Gasteiger partial charge in [-0.1, -0.05) is 12.1 Å². The Balaban J connectivity index is 2.10. The first kappa shape index (κ1) is 19.7. The van der Waals surface area contributed by atoms with E-state index in [4.69, 9.17) is 9.47 Å². The van der Waals surface area contributed by atoms with Crippen LogP contribution in [0.25, 0.3) is 0 Å². The van der Waals surface area contributed by atoms with Gasteiger partial charge in [0, 0.05) is 11.8 Å². The Hall–Kier alpha value is -2.58. The lowest BCUT2D eigenvalue weighted by Gasteiger charge is -2.13. The predicted octanol–water partition coefficient (Wildman–Crippen LogP) is 2.24. The number of methoxy groups -OCH3 is 2. The van der Waals surface area contributed by atoms with Crippen molar-refractivity contribution in [2.45, 2.75) is 18.7 Å². The second-order valence-electron chi connectivity index (χ2n) is 5.71. The molecule has 0 aliphatic carbocycles. The number of ether oxygens (including phenoxy) is 2. The summed E-state index contributed by atoms with van der Waals surface area (Å²) in [6.45, 7) is 3.38. The van der Waals surface area contributed by atoms with Crippen LogP contribution >= 0.6 is 0 Å². The van der Waals surface area contributed by atoms with E-state index in [-0.39, 0.29) is 10.6 Å². The van der Waals surface area contributed by atoms with Crippen LogP contribution in [0.15, 0.2) is 41.3 Å². The van der Waals surface area contributed by atoms with Crippen LogP contribution in [0, 0.1) is 13.8 Å². The van der Waals surface area contributed by atoms with Crippen molar-refractivity contribution in [3.05, 3.63) is 47.5 Å². The van der Waals surface area contributed by atoms with Crippen LogP contribution in [0.3, 0.4) is 0 Å². The van der Waals surface area contributed by atoms with Crippen LogP contribution < -0.4 is 19.5 Å². The third-order valence-corrected chi connectivity index (χ3v) is 5.19. The normalized spacial score (nSPS) is 11.1. The van der Waals surface area contributed by atoms with Crippen LogP contribution in [0.1, 0.15) is 11.1 Å². The van der Waals surface area contributed by atoms with Gasteiger partial charge in [-0.3, -0.25) is 4.79 Å². The summed E-state index contributed by atoms with van der Waals surface area (Å²) in [5.74, 6) is 0.134. The molecule has 0 unspecified atom stereocenters. The van der Waals surface area contributed by atoms with E-state index in [1.54, 1.807) is 0 Å². The molecule has 7 nitrogen and oxygen atoms in total. The molecule has 0 fully saturated rings. The Morgan fingerprint density at radius 1 is 1.04 bits per heavy atom. The maximum atomic E-state index is 12.5. The monoisotopic (exact) mass is 378 g/mol. The largest absolute Gasteiger partial charge is 0.497 e. The molecule has 0 bridgehead atoms. The summed E-state index contributed by atoms with van der Waals surface area (Å²) >= 11 is 0. The van der Waals surface area contributed by atoms with E-state index in [1.165, 1.54) is 32.4 Å². The second kappa shape index (κ2) is 8.20. The number of hydrogen-bond donors (Lipinski definition) is 2. The Kier molecular flexibility index (Phi) is 6.23. The van der Waals surface area contributed by atoms with Crippen molar-refractivity contribution in [1.82, 2.24) is 4.72 Å². The van der Waals surface area contributed by atoms with Gasteiger partial charge in [0.05, 0.1) is 20.8 Å². The topological polar surface area (TPSA) is 93.7 Å². The van der Waals surface area contributed by atoms with Crippen LogP contribution in [0.2, 0.25) is 0 Å². The number of benzene rings is 2. The zero-order valence-corrected chi connectivity index (χ0v) is 15.9. The number of amides is 1. The van der Waals surface area contributed by atoms with Gasteiger partial charge in [-0.2, -0.15) is 0 Å². The molecule has 0 aliphatic heterocycles. The Morgan fingerprint density at radius 3 is 2.42 bits per heavy atom. The second-order valence-corrected chi connectivity index (χ2v) is 7.44. The van der Waals surface area contributed by atoms with Crippen LogP contribution in [-0.2, 0) is 14.8 Å². The molecule has 2 rings (SSSR count). The number of carbonyl (C=O) groups is 1. The highest BCUT2D eigenvalue weighted by molar-refractivity contribution is 7.89. The molecule has 2 N–H and O–H groups in total. The average molecular weight is 378 g/mol. The zero-order valence-electron chi connectivity index (χ0n) is 15.1. The number of nitrogens with one attached hydrogen (secondary N) is 2. The minimum atomic E-state index is -3.93. The van der Waals surface area contributed by atoms with Gasteiger partial charge in [-0.05, 0) is 43.2 Å². The first-order chi connectivity index (χ1) is 12.3. The maximum Gasteiger partial charge on any atom is 0.244 e. The quantitative estimate of drug-likeness (QED) is 0.771. The Bertz CT molecular complexity index is 910. The smallest absolute Gasteiger partial charge is 0.244 e. The lowest BCUT2D eigenvalue weighted by atomic mass is 10.1. The third-order valence-electron chi connectivity index (χ3n) is 3.75. The zero-order chi connectivity index (χ0) is 19.3. The van der Waals surface area contributed by atoms with Gasteiger partial charge < -0.3 is 14.8 Å². The minimum absolute atomic E-state index is 0.0691. The van der Waals surface area contributed by atoms with E-state index in [0.717, 1.165) is 11.1 Å². The molecule has 0 atom stereocenters. The Labute approximate surface area is 153 Å². The molecule has 0 heterocycles. The standard InChI is InChI=1S/C18H22N2O5S/c1-12-5-6-13(2)15(9-12)20-18(21)11-19-26(22,23)17-8-7-14(24-3)10-16(17)25-4/h5-10,19H,11H2,1-4H3,(H,20,21). The van der Waals surface area contributed by atoms with Gasteiger partial charge in [-0.15, -0.1) is 0 Å². The molecule has 2 aromatic carbocycles. The first-order valence-corrected chi connectivity index (χ1v) is 9.34. The molecule has 26 heavy (non-hydrogen) atoms. The van der Waals surface area contributed by atoms with E-state index >= 15 is 0 Å². The van der Waals surface area contributed by atoms with Gasteiger partial charge in [0.15, 0.2) is 0 Å². The fourth-order valence-electron chi connectivity index (χ4n) is 2.30. The number of anilines is 1. The number of hydrogen-bond acceptors (Lipinski definition) is 5. The van der Waals surface area contributed by atoms with Gasteiger partial charge in [0.2, 0.25) is 15.9 Å². The molecular weight excluding hydrogens is 356 g/mol. The molecule has 1 amide bonds. The molecule has 2 aromatic rings. The fraction of sp³-hybridized carbons (Fsp3) is 0.278. The van der Waals surface area contributed by atoms with Gasteiger partial charge in [0.25, 0.3) is 0 Å². The summed E-state index contributed by atoms with van der Waals surface area (Å²) in [6.07, 6.45) is 0. The van der Waals surface area contributed by atoms with E-state index < -0.39 is 22.5 Å². The van der Waals surface area contributed by atoms with Crippen molar-refractivity contribution < 1.29 is 22.7 Å². The van der Waals surface area contributed by atoms with E-state index in [1.807, 2.05) is 32.0 Å². The van der Waals surface area contributed by atoms with E-state index in [0.29, 0.717) is 11.4 Å². The molecular formula is C18H22N2O5S. The average Bonchev–Trinajstić information content (AvgIpc) is 2.62. The first-order valence-electron chi connectivity index (χ1n) is 7.85. The predicted molar refractivity (Wildman–Crippen MR) is 99.3 cm³/mol. The van der Waals surface area contributed by atoms with Crippen molar-refractivity contribution in [1.29, 1.82) is 0 Å². The van der Waals surface area contributed by atoms with Crippen LogP contribution in [-0.4, -0.2) is 35.1 Å². The lowest BCUT2D eigenvalue weighted by Crippen LogP contribution is -2.33. The summed E-state index contributed by atoms with van der Waals surface area (Å²) in [6, 6.07) is 9.98. The van der Waals surface area contributed by atoms with Crippen molar-refractivity contribution in [2.24, 2.45) is 0 Å². The summed E-state index contributed by atoms with van der Waals surface area (Å²) in [7, 11) is -1.09. The number of carbonyl (C=O) groups excluding carboxylic acids is 1. The van der Waals surface area contributed by atoms with Crippen molar-refractivity contribution in [3.63, 3.8) is 0 Å². The molecule has 0 aromatic heterocycles. The highest BCUT2D eigenvalue weighted by Crippen LogP contribution is 2.28. The molecule has 8 heteroatoms. The molecule has 0 aliphatic rings. The summed E-state index contributed by atoms with van der Waals surface area (Å²) in [5.41, 5.74) is 2.54. The number of sulfonamides is 1. The number of rotatable bonds is 7. The summed E-state index contributed by atoms with van der Waals surface area (Å²) in [5, 5.41) is 2.70. The molecule has 140 valence electrons. The van der Waals surface area contributed by atoms with Crippen LogP contribution in [0.5, 0.6) is 11.5 Å². The summed E-state index contributed by atoms with van der Waals surface area (Å²) < 4.78 is 37.4. The molecule has 0 radical (unpaired) electrons. The van der Waals surface area contributed by atoms with E-state index in [2.05, 4.69) is 10.0 Å². The minimum Gasteiger partial charge on any atom is -0.497 e. The Morgan fingerprint density at radius 2 is 1.77 bits per heavy atom. The third kappa shape index (κ3) is 4.74. The fourth-order valence-corrected chi connectivity index (χ4v) is 3.43. The highest BCUT2D eigenvalue weighted by atomic mass is 32.2. The van der Waals surface area contributed by atoms with Crippen molar-refractivity contribution >= 4 is 21.6 Å². The van der Waals surface area contributed by atoms with Gasteiger partial charge in [0.1, 0.15) is 16.4 Å². The van der Waals surface area contributed by atoms with Gasteiger partial charge >= 0.3 is 0 Å². The number of aryl methyl sites for hydroxylation is 2. The molecule has 0 spiro atoms. The molecule has 0 saturated heterocycles. The SMILES string of the molecule is COc1ccc(S(=O)(=O)NCC(=O)Nc2cc(C)ccc2C)c(OC)c1. The van der Waals surface area contributed by atoms with Crippen molar-refractivity contribution in [2.75, 3.05) is 26.1 Å². The van der Waals surface area contributed by atoms with E-state index in [9.17, 15) is 13.2 Å².